The molecular weight excluding hydrogens is 846 g/mol. The highest BCUT2D eigenvalue weighted by Gasteiger charge is 2.27. The summed E-state index contributed by atoms with van der Waals surface area (Å²) in [7, 11) is 1.25. The number of hydrogen-bond acceptors (Lipinski definition) is 10. The zero-order chi connectivity index (χ0) is 48.3. The Morgan fingerprint density at radius 3 is 1.69 bits per heavy atom. The van der Waals surface area contributed by atoms with Gasteiger partial charge in [0, 0.05) is 12.8 Å². The van der Waals surface area contributed by atoms with E-state index in [1.165, 1.54) is 102 Å². The van der Waals surface area contributed by atoms with Crippen LogP contribution in [0.25, 0.3) is 0 Å². The number of allylic oxidation sites excluding steroid dienone is 9. The average Bonchev–Trinajstić information content (AvgIpc) is 3.25. The number of aliphatic hydroxyl groups excluding tert-OH is 3. The van der Waals surface area contributed by atoms with E-state index in [0.29, 0.717) is 23.9 Å². The summed E-state index contributed by atoms with van der Waals surface area (Å²) in [6, 6.07) is 0. The van der Waals surface area contributed by atoms with Crippen molar-refractivity contribution in [2.24, 2.45) is 0 Å². The number of carbonyl (C=O) groups is 2. The number of esters is 2. The maximum absolute atomic E-state index is 12.8. The number of likely N-dealkylation sites (N-methyl/N-ethyl adjacent to an activating group) is 1. The number of nitrogens with zero attached hydrogens (tertiary/aromatic N) is 1. The van der Waals surface area contributed by atoms with Crippen LogP contribution in [0.2, 0.25) is 0 Å². The first-order valence-electron chi connectivity index (χ1n) is 25.0. The van der Waals surface area contributed by atoms with E-state index in [1.54, 1.807) is 42.5 Å². The second-order valence-corrected chi connectivity index (χ2v) is 19.5. The predicted octanol–water partition coefficient (Wildman–Crippen LogP) is 11.5. The Morgan fingerprint density at radius 2 is 1.12 bits per heavy atom. The Hall–Kier alpha value is -2.67. The zero-order valence-corrected chi connectivity index (χ0v) is 42.2. The van der Waals surface area contributed by atoms with E-state index in [4.69, 9.17) is 18.5 Å². The second-order valence-electron chi connectivity index (χ2n) is 18.0. The van der Waals surface area contributed by atoms with Crippen LogP contribution < -0.4 is 0 Å². The van der Waals surface area contributed by atoms with Gasteiger partial charge in [0.25, 0.3) is 0 Å². The number of hydrogen-bond donors (Lipinski definition) is 4. The number of phosphoric acid groups is 1. The molecule has 0 spiro atoms. The van der Waals surface area contributed by atoms with E-state index in [1.807, 2.05) is 40.2 Å². The first kappa shape index (κ1) is 62.3. The van der Waals surface area contributed by atoms with Crippen molar-refractivity contribution in [1.82, 2.24) is 0 Å². The van der Waals surface area contributed by atoms with E-state index >= 15 is 0 Å². The molecule has 0 heterocycles. The topological polar surface area (TPSA) is 169 Å². The molecule has 0 aromatic rings. The molecule has 0 aliphatic rings. The molecule has 0 aliphatic heterocycles. The summed E-state index contributed by atoms with van der Waals surface area (Å²) in [5.74, 6) is -1.13. The van der Waals surface area contributed by atoms with Gasteiger partial charge in [0.05, 0.1) is 46.1 Å². The Bertz CT molecular complexity index is 1390. The highest BCUT2D eigenvalue weighted by atomic mass is 31.2. The van der Waals surface area contributed by atoms with E-state index in [0.717, 1.165) is 25.7 Å². The number of carbonyl (C=O) groups excluding carboxylic acids is 2. The highest BCUT2D eigenvalue weighted by molar-refractivity contribution is 7.47. The first-order valence-corrected chi connectivity index (χ1v) is 26.5. The predicted molar refractivity (Wildman–Crippen MR) is 265 cm³/mol. The molecule has 376 valence electrons. The molecule has 1 unspecified atom stereocenters. The summed E-state index contributed by atoms with van der Waals surface area (Å²) in [5, 5.41) is 30.6. The molecule has 0 saturated heterocycles. The third-order valence-corrected chi connectivity index (χ3v) is 11.5. The lowest BCUT2D eigenvalue weighted by atomic mass is 10.0. The van der Waals surface area contributed by atoms with Crippen LogP contribution in [0.15, 0.2) is 72.9 Å². The molecule has 13 heteroatoms. The molecule has 0 bridgehead atoms. The van der Waals surface area contributed by atoms with Crippen LogP contribution in [0, 0.1) is 0 Å². The second kappa shape index (κ2) is 42.7. The number of phosphoric ester groups is 1. The molecule has 0 aromatic heterocycles. The van der Waals surface area contributed by atoms with Gasteiger partial charge in [-0.15, -0.1) is 0 Å². The van der Waals surface area contributed by atoms with Crippen LogP contribution in [0.3, 0.4) is 0 Å². The van der Waals surface area contributed by atoms with Gasteiger partial charge in [0.2, 0.25) is 0 Å². The van der Waals surface area contributed by atoms with Crippen molar-refractivity contribution in [1.29, 1.82) is 0 Å². The summed E-state index contributed by atoms with van der Waals surface area (Å²) in [6.45, 7) is 3.83. The van der Waals surface area contributed by atoms with Crippen molar-refractivity contribution in [3.05, 3.63) is 72.9 Å². The highest BCUT2D eigenvalue weighted by Crippen LogP contribution is 2.43. The molecule has 5 atom stereocenters. The lowest BCUT2D eigenvalue weighted by Gasteiger charge is -2.24. The smallest absolute Gasteiger partial charge is 0.462 e. The molecule has 0 rings (SSSR count). The fourth-order valence-corrected chi connectivity index (χ4v) is 7.27. The van der Waals surface area contributed by atoms with Crippen molar-refractivity contribution in [3.8, 4) is 0 Å². The SMILES string of the molecule is CC/C=C\C[C@H](O)/C=C/C=C/C=C\C=C/[C@@H](O)[C@H](O)CCCC(=O)O[C@H](COC(=O)CCCCCCCCCCCCC/C=C\CCCCCCCC)COP(=O)(O)OCC[N+](C)(C)C. The maximum atomic E-state index is 12.8. The van der Waals surface area contributed by atoms with Gasteiger partial charge >= 0.3 is 19.8 Å². The minimum atomic E-state index is -4.48. The fraction of sp³-hybridized carbons (Fsp3) is 0.731. The van der Waals surface area contributed by atoms with Gasteiger partial charge in [-0.3, -0.25) is 18.6 Å². The Morgan fingerprint density at radius 1 is 0.600 bits per heavy atom. The normalized spacial score (nSPS) is 15.5. The van der Waals surface area contributed by atoms with Crippen LogP contribution in [0.5, 0.6) is 0 Å². The van der Waals surface area contributed by atoms with Crippen molar-refractivity contribution < 1.29 is 57.4 Å². The lowest BCUT2D eigenvalue weighted by molar-refractivity contribution is -0.870. The van der Waals surface area contributed by atoms with E-state index in [2.05, 4.69) is 19.1 Å². The average molecular weight is 939 g/mol. The minimum absolute atomic E-state index is 0.0356. The first-order chi connectivity index (χ1) is 31.2. The molecule has 0 radical (unpaired) electrons. The molecule has 0 fully saturated rings. The van der Waals surface area contributed by atoms with Crippen molar-refractivity contribution in [3.63, 3.8) is 0 Å². The van der Waals surface area contributed by atoms with Crippen LogP contribution in [0.1, 0.15) is 174 Å². The molecule has 65 heavy (non-hydrogen) atoms. The third-order valence-electron chi connectivity index (χ3n) is 10.6. The third kappa shape index (κ3) is 44.9. The summed E-state index contributed by atoms with van der Waals surface area (Å²) in [6.07, 6.45) is 43.3. The van der Waals surface area contributed by atoms with Gasteiger partial charge in [-0.25, -0.2) is 4.57 Å². The standard InChI is InChI=1S/C52H92NO11P/c1-6-8-10-11-12-13-14-15-16-17-18-19-20-21-22-23-24-25-26-31-35-41-51(57)61-45-48(46-63-65(59,60)62-44-43-53(3,4)5)64-52(58)42-36-40-50(56)49(55)39-34-30-28-27-29-33-38-47(54)37-32-9-7-2/h9,15-16,27-30,32-34,38-39,47-50,54-56H,6-8,10-14,17-26,31,35-37,40-46H2,1-5H3/p+1/b16-15-,29-27+,30-28-,32-9-,38-33+,39-34-/t47-,48+,49+,50+/m0/s1. The fourth-order valence-electron chi connectivity index (χ4n) is 6.53. The summed E-state index contributed by atoms with van der Waals surface area (Å²) < 4.78 is 34.1. The molecule has 12 nitrogen and oxygen atoms in total. The minimum Gasteiger partial charge on any atom is -0.462 e. The quantitative estimate of drug-likeness (QED) is 0.0115. The van der Waals surface area contributed by atoms with E-state index in [-0.39, 0.29) is 38.9 Å². The molecule has 0 saturated carbocycles. The monoisotopic (exact) mass is 939 g/mol. The zero-order valence-electron chi connectivity index (χ0n) is 41.3. The number of aliphatic hydroxyl groups is 3. The van der Waals surface area contributed by atoms with Gasteiger partial charge in [-0.1, -0.05) is 177 Å². The van der Waals surface area contributed by atoms with Crippen LogP contribution in [-0.2, 0) is 32.7 Å². The van der Waals surface area contributed by atoms with E-state index < -0.39 is 50.8 Å². The Balaban J connectivity index is 4.55. The number of unbranched alkanes of at least 4 members (excludes halogenated alkanes) is 17. The van der Waals surface area contributed by atoms with E-state index in [9.17, 15) is 34.4 Å². The van der Waals surface area contributed by atoms with Gasteiger partial charge in [-0.2, -0.15) is 0 Å². The van der Waals surface area contributed by atoms with Gasteiger partial charge in [-0.05, 0) is 57.8 Å². The molecule has 0 aromatic carbocycles. The van der Waals surface area contributed by atoms with Crippen LogP contribution in [-0.4, -0.2) is 109 Å². The van der Waals surface area contributed by atoms with Gasteiger partial charge in [0.15, 0.2) is 6.10 Å². The van der Waals surface area contributed by atoms with Crippen molar-refractivity contribution in [2.75, 3.05) is 47.5 Å². The van der Waals surface area contributed by atoms with Crippen LogP contribution in [0.4, 0.5) is 0 Å². The number of quaternary nitrogens is 1. The Labute approximate surface area is 395 Å². The van der Waals surface area contributed by atoms with Gasteiger partial charge < -0.3 is 34.2 Å². The summed E-state index contributed by atoms with van der Waals surface area (Å²) in [5.41, 5.74) is 0. The van der Waals surface area contributed by atoms with Crippen molar-refractivity contribution in [2.45, 2.75) is 199 Å². The van der Waals surface area contributed by atoms with Gasteiger partial charge in [0.1, 0.15) is 19.8 Å². The number of rotatable bonds is 44. The Kier molecular flexibility index (Phi) is 40.9. The lowest BCUT2D eigenvalue weighted by Crippen LogP contribution is -2.37. The summed E-state index contributed by atoms with van der Waals surface area (Å²) in [4.78, 5) is 35.6. The van der Waals surface area contributed by atoms with Crippen molar-refractivity contribution >= 4 is 19.8 Å². The molecule has 4 N–H and O–H groups in total. The molecule has 0 aliphatic carbocycles. The maximum Gasteiger partial charge on any atom is 0.472 e. The summed E-state index contributed by atoms with van der Waals surface area (Å²) >= 11 is 0. The molecule has 0 amide bonds. The number of ether oxygens (including phenoxy) is 2. The molecular formula is C52H93NO11P+. The van der Waals surface area contributed by atoms with Crippen LogP contribution >= 0.6 is 7.82 Å². The largest absolute Gasteiger partial charge is 0.472 e.